The van der Waals surface area contributed by atoms with Gasteiger partial charge in [0.05, 0.1) is 17.6 Å². The topological polar surface area (TPSA) is 69.4 Å². The Labute approximate surface area is 92.1 Å². The molecule has 0 amide bonds. The first kappa shape index (κ1) is 11.6. The van der Waals surface area contributed by atoms with E-state index in [1.165, 1.54) is 0 Å². The third-order valence-corrected chi connectivity index (χ3v) is 2.29. The van der Waals surface area contributed by atoms with Crippen LogP contribution >= 0.6 is 15.9 Å². The zero-order chi connectivity index (χ0) is 11.6. The highest BCUT2D eigenvalue weighted by Crippen LogP contribution is 2.26. The number of nitrogens with zero attached hydrogens (tertiary/aromatic N) is 1. The van der Waals surface area contributed by atoms with Crippen LogP contribution in [0.5, 0.6) is 0 Å². The lowest BCUT2D eigenvalue weighted by atomic mass is 10.2. The Hall–Kier alpha value is -1.50. The molecule has 0 bridgehead atoms. The van der Waals surface area contributed by atoms with E-state index in [9.17, 15) is 19.3 Å². The van der Waals surface area contributed by atoms with Crippen LogP contribution < -0.4 is 0 Å². The van der Waals surface area contributed by atoms with Gasteiger partial charge in [-0.2, -0.15) is 4.39 Å². The zero-order valence-electron chi connectivity index (χ0n) is 7.49. The summed E-state index contributed by atoms with van der Waals surface area (Å²) in [6, 6.07) is 1.68. The van der Waals surface area contributed by atoms with Crippen LogP contribution in [-0.2, 0) is 4.74 Å². The van der Waals surface area contributed by atoms with Crippen LogP contribution in [0.4, 0.5) is 10.1 Å². The first-order valence-electron chi connectivity index (χ1n) is 3.69. The molecule has 5 nitrogen and oxygen atoms in total. The minimum Gasteiger partial charge on any atom is -0.465 e. The summed E-state index contributed by atoms with van der Waals surface area (Å²) < 4.78 is 17.5. The molecule has 0 radical (unpaired) electrons. The number of halogens is 2. The summed E-state index contributed by atoms with van der Waals surface area (Å²) in [6.45, 7) is 0. The lowest BCUT2D eigenvalue weighted by molar-refractivity contribution is -0.387. The van der Waals surface area contributed by atoms with Crippen molar-refractivity contribution in [3.63, 3.8) is 0 Å². The average molecular weight is 278 g/mol. The van der Waals surface area contributed by atoms with Crippen LogP contribution in [0.1, 0.15) is 10.4 Å². The summed E-state index contributed by atoms with van der Waals surface area (Å²) in [6.07, 6.45) is 0. The molecule has 0 aliphatic carbocycles. The summed E-state index contributed by atoms with van der Waals surface area (Å²) in [5.74, 6) is -1.79. The minimum atomic E-state index is -1.01. The van der Waals surface area contributed by atoms with Gasteiger partial charge in [-0.1, -0.05) is 0 Å². The highest BCUT2D eigenvalue weighted by atomic mass is 79.9. The Morgan fingerprint density at radius 2 is 2.20 bits per heavy atom. The van der Waals surface area contributed by atoms with E-state index in [4.69, 9.17) is 0 Å². The first-order valence-corrected chi connectivity index (χ1v) is 4.48. The standard InChI is InChI=1S/C8H5BrFNO4/c1-15-8(12)4-2-7(11(13)14)6(10)3-5(4)9/h2-3H,1H3. The fraction of sp³-hybridized carbons (Fsp3) is 0.125. The van der Waals surface area contributed by atoms with Crippen LogP contribution in [0, 0.1) is 15.9 Å². The molecule has 15 heavy (non-hydrogen) atoms. The number of nitro benzene ring substituents is 1. The maximum Gasteiger partial charge on any atom is 0.339 e. The summed E-state index contributed by atoms with van der Waals surface area (Å²) in [7, 11) is 1.13. The van der Waals surface area contributed by atoms with Gasteiger partial charge < -0.3 is 4.74 Å². The number of carbonyl (C=O) groups excluding carboxylic acids is 1. The molecule has 1 aromatic carbocycles. The Kier molecular flexibility index (Phi) is 3.35. The van der Waals surface area contributed by atoms with Crippen molar-refractivity contribution in [2.24, 2.45) is 0 Å². The number of hydrogen-bond donors (Lipinski definition) is 0. The molecule has 0 unspecified atom stereocenters. The maximum absolute atomic E-state index is 13.0. The third kappa shape index (κ3) is 2.30. The maximum atomic E-state index is 13.0. The van der Waals surface area contributed by atoms with Crippen LogP contribution in [0.2, 0.25) is 0 Å². The van der Waals surface area contributed by atoms with Gasteiger partial charge >= 0.3 is 11.7 Å². The molecular formula is C8H5BrFNO4. The highest BCUT2D eigenvalue weighted by molar-refractivity contribution is 9.10. The SMILES string of the molecule is COC(=O)c1cc([N+](=O)[O-])c(F)cc1Br. The number of esters is 1. The predicted molar refractivity (Wildman–Crippen MR) is 52.1 cm³/mol. The van der Waals surface area contributed by atoms with Gasteiger partial charge in [-0.15, -0.1) is 0 Å². The van der Waals surface area contributed by atoms with E-state index in [-0.39, 0.29) is 10.0 Å². The number of carbonyl (C=O) groups is 1. The minimum absolute atomic E-state index is 0.0920. The molecule has 7 heteroatoms. The van der Waals surface area contributed by atoms with Crippen LogP contribution in [0.3, 0.4) is 0 Å². The smallest absolute Gasteiger partial charge is 0.339 e. The summed E-state index contributed by atoms with van der Waals surface area (Å²) in [5, 5.41) is 10.4. The van der Waals surface area contributed by atoms with Gasteiger partial charge in [0.1, 0.15) is 0 Å². The number of nitro groups is 1. The fourth-order valence-corrected chi connectivity index (χ4v) is 1.42. The molecule has 0 N–H and O–H groups in total. The number of methoxy groups -OCH3 is 1. The second-order valence-electron chi connectivity index (χ2n) is 2.53. The normalized spacial score (nSPS) is 9.80. The van der Waals surface area contributed by atoms with Crippen LogP contribution in [0.25, 0.3) is 0 Å². The zero-order valence-corrected chi connectivity index (χ0v) is 9.08. The lowest BCUT2D eigenvalue weighted by Crippen LogP contribution is -2.04. The van der Waals surface area contributed by atoms with E-state index >= 15 is 0 Å². The monoisotopic (exact) mass is 277 g/mol. The van der Waals surface area contributed by atoms with Gasteiger partial charge in [-0.3, -0.25) is 10.1 Å². The second kappa shape index (κ2) is 4.35. The second-order valence-corrected chi connectivity index (χ2v) is 3.39. The summed E-state index contributed by atoms with van der Waals surface area (Å²) in [4.78, 5) is 20.6. The summed E-state index contributed by atoms with van der Waals surface area (Å²) in [5.41, 5.74) is -0.857. The van der Waals surface area contributed by atoms with Gasteiger partial charge in [0, 0.05) is 10.5 Å². The van der Waals surface area contributed by atoms with Gasteiger partial charge in [-0.25, -0.2) is 4.79 Å². The molecule has 0 aliphatic rings. The van der Waals surface area contributed by atoms with E-state index in [0.717, 1.165) is 19.2 Å². The molecule has 80 valence electrons. The molecule has 0 aliphatic heterocycles. The molecule has 1 aromatic rings. The lowest BCUT2D eigenvalue weighted by Gasteiger charge is -2.02. The van der Waals surface area contributed by atoms with Crippen molar-refractivity contribution >= 4 is 27.6 Å². The first-order chi connectivity index (χ1) is 6.97. The quantitative estimate of drug-likeness (QED) is 0.472. The molecular weight excluding hydrogens is 273 g/mol. The van der Waals surface area contributed by atoms with E-state index in [2.05, 4.69) is 20.7 Å². The van der Waals surface area contributed by atoms with Crippen LogP contribution in [-0.4, -0.2) is 18.0 Å². The Morgan fingerprint density at radius 3 is 2.67 bits per heavy atom. The molecule has 0 spiro atoms. The summed E-state index contributed by atoms with van der Waals surface area (Å²) >= 11 is 2.91. The molecule has 0 saturated heterocycles. The van der Waals surface area contributed by atoms with Crippen molar-refractivity contribution in [1.82, 2.24) is 0 Å². The van der Waals surface area contributed by atoms with Gasteiger partial charge in [0.2, 0.25) is 5.82 Å². The van der Waals surface area contributed by atoms with Crippen molar-refractivity contribution < 1.29 is 18.8 Å². The van der Waals surface area contributed by atoms with E-state index in [1.807, 2.05) is 0 Å². The molecule has 0 heterocycles. The largest absolute Gasteiger partial charge is 0.465 e. The Morgan fingerprint density at radius 1 is 1.60 bits per heavy atom. The molecule has 0 saturated carbocycles. The average Bonchev–Trinajstić information content (AvgIpc) is 2.16. The van der Waals surface area contributed by atoms with Crippen molar-refractivity contribution in [3.8, 4) is 0 Å². The number of hydrogen-bond acceptors (Lipinski definition) is 4. The van der Waals surface area contributed by atoms with Crippen LogP contribution in [0.15, 0.2) is 16.6 Å². The van der Waals surface area contributed by atoms with Crippen molar-refractivity contribution in [2.45, 2.75) is 0 Å². The van der Waals surface area contributed by atoms with E-state index in [1.54, 1.807) is 0 Å². The van der Waals surface area contributed by atoms with Gasteiger partial charge in [0.25, 0.3) is 0 Å². The van der Waals surface area contributed by atoms with E-state index < -0.39 is 22.4 Å². The Bertz CT molecular complexity index is 435. The number of ether oxygens (including phenoxy) is 1. The molecule has 0 atom stereocenters. The van der Waals surface area contributed by atoms with Crippen molar-refractivity contribution in [3.05, 3.63) is 38.1 Å². The highest BCUT2D eigenvalue weighted by Gasteiger charge is 2.21. The van der Waals surface area contributed by atoms with Gasteiger partial charge in [-0.05, 0) is 22.0 Å². The third-order valence-electron chi connectivity index (χ3n) is 1.64. The molecule has 1 rings (SSSR count). The number of benzene rings is 1. The van der Waals surface area contributed by atoms with Gasteiger partial charge in [0.15, 0.2) is 0 Å². The molecule has 0 aromatic heterocycles. The van der Waals surface area contributed by atoms with E-state index in [0.29, 0.717) is 0 Å². The fourth-order valence-electron chi connectivity index (χ4n) is 0.944. The van der Waals surface area contributed by atoms with Crippen molar-refractivity contribution in [2.75, 3.05) is 7.11 Å². The predicted octanol–water partition coefficient (Wildman–Crippen LogP) is 2.28. The Balaban J connectivity index is 3.36. The molecule has 0 fully saturated rings. The number of rotatable bonds is 2. The van der Waals surface area contributed by atoms with Crippen molar-refractivity contribution in [1.29, 1.82) is 0 Å².